The molecule has 0 aliphatic carbocycles. The number of benzene rings is 1. The van der Waals surface area contributed by atoms with Crippen LogP contribution in [-0.4, -0.2) is 22.2 Å². The van der Waals surface area contributed by atoms with Crippen LogP contribution in [0.1, 0.15) is 12.0 Å². The Labute approximate surface area is 112 Å². The van der Waals surface area contributed by atoms with Gasteiger partial charge in [0.2, 0.25) is 0 Å². The lowest BCUT2D eigenvalue weighted by molar-refractivity contribution is -0.147. The summed E-state index contributed by atoms with van der Waals surface area (Å²) >= 11 is 0. The van der Waals surface area contributed by atoms with Gasteiger partial charge >= 0.3 is 11.9 Å². The zero-order chi connectivity index (χ0) is 14.5. The largest absolute Gasteiger partial charge is 0.481 e. The molecule has 4 heteroatoms. The number of carboxylic acids is 2. The first-order valence-electron chi connectivity index (χ1n) is 5.50. The highest BCUT2D eigenvalue weighted by molar-refractivity contribution is 5.88. The molecule has 0 radical (unpaired) electrons. The van der Waals surface area contributed by atoms with Crippen molar-refractivity contribution in [2.24, 2.45) is 0 Å². The van der Waals surface area contributed by atoms with E-state index in [1.54, 1.807) is 6.08 Å². The van der Waals surface area contributed by atoms with Crippen molar-refractivity contribution in [3.63, 3.8) is 0 Å². The summed E-state index contributed by atoms with van der Waals surface area (Å²) in [5.74, 6) is -2.62. The molecular weight excluding hydrogens is 244 g/mol. The van der Waals surface area contributed by atoms with Crippen molar-refractivity contribution < 1.29 is 19.8 Å². The van der Waals surface area contributed by atoms with Crippen LogP contribution in [0.25, 0.3) is 6.08 Å². The van der Waals surface area contributed by atoms with Crippen LogP contribution in [0.2, 0.25) is 0 Å². The van der Waals surface area contributed by atoms with E-state index in [0.29, 0.717) is 0 Å². The van der Waals surface area contributed by atoms with Crippen LogP contribution in [0.5, 0.6) is 0 Å². The molecule has 0 heterocycles. The van der Waals surface area contributed by atoms with Gasteiger partial charge in [0.1, 0.15) is 6.42 Å². The first-order valence-corrected chi connectivity index (χ1v) is 5.50. The van der Waals surface area contributed by atoms with E-state index in [2.05, 4.69) is 24.8 Å². The van der Waals surface area contributed by atoms with Crippen LogP contribution in [-0.2, 0) is 9.59 Å². The highest BCUT2D eigenvalue weighted by Crippen LogP contribution is 2.00. The van der Waals surface area contributed by atoms with Crippen LogP contribution in [0.3, 0.4) is 0 Å². The van der Waals surface area contributed by atoms with E-state index in [9.17, 15) is 9.59 Å². The Morgan fingerprint density at radius 2 is 1.58 bits per heavy atom. The number of hydrogen-bond acceptors (Lipinski definition) is 2. The number of carbonyl (C=O) groups is 2. The lowest BCUT2D eigenvalue weighted by Crippen LogP contribution is -2.03. The molecule has 0 spiro atoms. The molecule has 100 valence electrons. The second kappa shape index (κ2) is 10.5. The highest BCUT2D eigenvalue weighted by Gasteiger charge is 2.01. The van der Waals surface area contributed by atoms with Crippen molar-refractivity contribution >= 4 is 18.0 Å². The first kappa shape index (κ1) is 16.4. The summed E-state index contributed by atoms with van der Waals surface area (Å²) in [7, 11) is 0. The fraction of sp³-hybridized carbons (Fsp3) is 0.0667. The summed E-state index contributed by atoms with van der Waals surface area (Å²) in [5.41, 5.74) is 1.21. The Kier molecular flexibility index (Phi) is 9.08. The second-order valence-corrected chi connectivity index (χ2v) is 3.35. The first-order chi connectivity index (χ1) is 9.06. The fourth-order valence-corrected chi connectivity index (χ4v) is 1.00. The van der Waals surface area contributed by atoms with E-state index < -0.39 is 18.4 Å². The van der Waals surface area contributed by atoms with Crippen molar-refractivity contribution in [2.45, 2.75) is 6.42 Å². The molecule has 0 aromatic heterocycles. The molecule has 1 aromatic carbocycles. The summed E-state index contributed by atoms with van der Waals surface area (Å²) in [4.78, 5) is 18.9. The standard InChI is InChI=1S/C12H12.C3H4O4/c1-2-3-4-6-9-12-10-7-5-8-11-12;4-2(5)1-3(6)7/h2-11H,1H2;1H2,(H,4,5)(H,6,7). The molecule has 0 bridgehead atoms. The van der Waals surface area contributed by atoms with Crippen LogP contribution in [0.4, 0.5) is 0 Å². The zero-order valence-corrected chi connectivity index (χ0v) is 10.4. The van der Waals surface area contributed by atoms with Gasteiger partial charge in [0.05, 0.1) is 0 Å². The van der Waals surface area contributed by atoms with Crippen LogP contribution >= 0.6 is 0 Å². The van der Waals surface area contributed by atoms with E-state index in [-0.39, 0.29) is 0 Å². The van der Waals surface area contributed by atoms with Crippen molar-refractivity contribution in [3.8, 4) is 0 Å². The molecular formula is C15H16O4. The molecule has 4 nitrogen and oxygen atoms in total. The minimum absolute atomic E-state index is 0.806. The number of rotatable bonds is 5. The molecule has 1 rings (SSSR count). The van der Waals surface area contributed by atoms with Gasteiger partial charge in [-0.25, -0.2) is 0 Å². The Balaban J connectivity index is 0.000000399. The van der Waals surface area contributed by atoms with Gasteiger partial charge in [-0.3, -0.25) is 9.59 Å². The summed E-state index contributed by atoms with van der Waals surface area (Å²) in [6, 6.07) is 10.2. The van der Waals surface area contributed by atoms with Gasteiger partial charge in [-0.1, -0.05) is 67.3 Å². The Morgan fingerprint density at radius 1 is 1.00 bits per heavy atom. The summed E-state index contributed by atoms with van der Waals surface area (Å²) in [6.45, 7) is 3.58. The van der Waals surface area contributed by atoms with E-state index in [1.807, 2.05) is 36.4 Å². The predicted molar refractivity (Wildman–Crippen MR) is 74.7 cm³/mol. The smallest absolute Gasteiger partial charge is 0.314 e. The van der Waals surface area contributed by atoms with Gasteiger partial charge in [-0.15, -0.1) is 0 Å². The third-order valence-electron chi connectivity index (χ3n) is 1.75. The Morgan fingerprint density at radius 3 is 2.00 bits per heavy atom. The topological polar surface area (TPSA) is 74.6 Å². The second-order valence-electron chi connectivity index (χ2n) is 3.35. The maximum Gasteiger partial charge on any atom is 0.314 e. The highest BCUT2D eigenvalue weighted by atomic mass is 16.4. The molecule has 1 aromatic rings. The molecule has 0 aliphatic heterocycles. The molecule has 0 saturated heterocycles. The third kappa shape index (κ3) is 11.6. The fourth-order valence-electron chi connectivity index (χ4n) is 1.00. The van der Waals surface area contributed by atoms with E-state index in [4.69, 9.17) is 10.2 Å². The average Bonchev–Trinajstić information content (AvgIpc) is 2.35. The van der Waals surface area contributed by atoms with Gasteiger partial charge in [0.15, 0.2) is 0 Å². The normalized spacial score (nSPS) is 9.89. The lowest BCUT2D eigenvalue weighted by Gasteiger charge is -1.87. The molecule has 0 fully saturated rings. The quantitative estimate of drug-likeness (QED) is 0.630. The van der Waals surface area contributed by atoms with Gasteiger partial charge < -0.3 is 10.2 Å². The van der Waals surface area contributed by atoms with Crippen molar-refractivity contribution in [2.75, 3.05) is 0 Å². The van der Waals surface area contributed by atoms with Gasteiger partial charge in [-0.2, -0.15) is 0 Å². The van der Waals surface area contributed by atoms with E-state index in [0.717, 1.165) is 0 Å². The van der Waals surface area contributed by atoms with Crippen LogP contribution in [0, 0.1) is 0 Å². The molecule has 0 aliphatic rings. The molecule has 19 heavy (non-hydrogen) atoms. The molecule has 2 N–H and O–H groups in total. The Hall–Kier alpha value is -2.62. The van der Waals surface area contributed by atoms with E-state index in [1.165, 1.54) is 5.56 Å². The summed E-state index contributed by atoms with van der Waals surface area (Å²) < 4.78 is 0. The van der Waals surface area contributed by atoms with Crippen molar-refractivity contribution in [1.29, 1.82) is 0 Å². The SMILES string of the molecule is C=CC=CC=Cc1ccccc1.O=C(O)CC(=O)O. The minimum atomic E-state index is -1.31. The average molecular weight is 260 g/mol. The monoisotopic (exact) mass is 260 g/mol. The van der Waals surface area contributed by atoms with Crippen molar-refractivity contribution in [3.05, 3.63) is 66.8 Å². The molecule has 0 atom stereocenters. The zero-order valence-electron chi connectivity index (χ0n) is 10.4. The third-order valence-corrected chi connectivity index (χ3v) is 1.75. The van der Waals surface area contributed by atoms with Crippen molar-refractivity contribution in [1.82, 2.24) is 0 Å². The van der Waals surface area contributed by atoms with Gasteiger partial charge in [0, 0.05) is 0 Å². The number of carboxylic acid groups (broad SMARTS) is 2. The van der Waals surface area contributed by atoms with Crippen LogP contribution < -0.4 is 0 Å². The van der Waals surface area contributed by atoms with Gasteiger partial charge in [0.25, 0.3) is 0 Å². The Bertz CT molecular complexity index is 446. The molecule has 0 saturated carbocycles. The summed E-state index contributed by atoms with van der Waals surface area (Å²) in [6.07, 6.45) is 8.87. The maximum absolute atomic E-state index is 9.43. The molecule has 0 unspecified atom stereocenters. The number of aliphatic carboxylic acids is 2. The molecule has 0 amide bonds. The summed E-state index contributed by atoms with van der Waals surface area (Å²) in [5, 5.41) is 15.4. The number of hydrogen-bond donors (Lipinski definition) is 2. The predicted octanol–water partition coefficient (Wildman–Crippen LogP) is 2.99. The maximum atomic E-state index is 9.43. The minimum Gasteiger partial charge on any atom is -0.481 e. The van der Waals surface area contributed by atoms with E-state index >= 15 is 0 Å². The van der Waals surface area contributed by atoms with Crippen LogP contribution in [0.15, 0.2) is 61.2 Å². The van der Waals surface area contributed by atoms with Gasteiger partial charge in [-0.05, 0) is 5.56 Å². The lowest BCUT2D eigenvalue weighted by atomic mass is 10.2. The number of allylic oxidation sites excluding steroid dienone is 4.